The molecule has 5 heteroatoms. The second kappa shape index (κ2) is 3.77. The SMILES string of the molecule is CCn1ncc(Cl)c1C1(O)CCOC1C. The number of rotatable bonds is 2. The van der Waals surface area contributed by atoms with Gasteiger partial charge in [0.15, 0.2) is 0 Å². The summed E-state index contributed by atoms with van der Waals surface area (Å²) in [5.41, 5.74) is -0.319. The highest BCUT2D eigenvalue weighted by Crippen LogP contribution is 2.39. The molecule has 0 spiro atoms. The van der Waals surface area contributed by atoms with Gasteiger partial charge in [-0.2, -0.15) is 5.10 Å². The van der Waals surface area contributed by atoms with Crippen molar-refractivity contribution < 1.29 is 9.84 Å². The molecule has 84 valence electrons. The minimum absolute atomic E-state index is 0.239. The van der Waals surface area contributed by atoms with Crippen molar-refractivity contribution in [2.45, 2.75) is 38.5 Å². The maximum absolute atomic E-state index is 10.5. The molecule has 1 N–H and O–H groups in total. The van der Waals surface area contributed by atoms with Crippen molar-refractivity contribution in [3.8, 4) is 0 Å². The summed E-state index contributed by atoms with van der Waals surface area (Å²) in [5.74, 6) is 0. The van der Waals surface area contributed by atoms with Gasteiger partial charge in [-0.3, -0.25) is 4.68 Å². The van der Waals surface area contributed by atoms with Gasteiger partial charge in [-0.05, 0) is 13.8 Å². The number of aryl methyl sites for hydroxylation is 1. The Hall–Kier alpha value is -0.580. The van der Waals surface area contributed by atoms with Crippen LogP contribution in [0.25, 0.3) is 0 Å². The van der Waals surface area contributed by atoms with E-state index in [2.05, 4.69) is 5.10 Å². The third-order valence-electron chi connectivity index (χ3n) is 3.03. The standard InChI is InChI=1S/C10H15ClN2O2/c1-3-13-9(8(11)6-12-13)10(14)4-5-15-7(10)2/h6-7,14H,3-5H2,1-2H3. The summed E-state index contributed by atoms with van der Waals surface area (Å²) < 4.78 is 7.13. The van der Waals surface area contributed by atoms with E-state index in [9.17, 15) is 5.11 Å². The van der Waals surface area contributed by atoms with Gasteiger partial charge in [0, 0.05) is 13.0 Å². The number of aromatic nitrogens is 2. The lowest BCUT2D eigenvalue weighted by molar-refractivity contribution is -0.0376. The number of halogens is 1. The minimum Gasteiger partial charge on any atom is -0.381 e. The first-order valence-corrected chi connectivity index (χ1v) is 5.53. The van der Waals surface area contributed by atoms with E-state index in [1.807, 2.05) is 13.8 Å². The molecular weight excluding hydrogens is 216 g/mol. The fourth-order valence-corrected chi connectivity index (χ4v) is 2.38. The molecule has 0 saturated carbocycles. The monoisotopic (exact) mass is 230 g/mol. The summed E-state index contributed by atoms with van der Waals surface area (Å²) in [7, 11) is 0. The van der Waals surface area contributed by atoms with E-state index >= 15 is 0 Å². The Kier molecular flexibility index (Phi) is 2.75. The van der Waals surface area contributed by atoms with Gasteiger partial charge in [-0.1, -0.05) is 11.6 Å². The summed E-state index contributed by atoms with van der Waals surface area (Å²) in [4.78, 5) is 0. The van der Waals surface area contributed by atoms with Crippen LogP contribution in [0, 0.1) is 0 Å². The Bertz CT molecular complexity index is 366. The van der Waals surface area contributed by atoms with Crippen LogP contribution in [-0.2, 0) is 16.9 Å². The highest BCUT2D eigenvalue weighted by Gasteiger charge is 2.45. The maximum atomic E-state index is 10.5. The second-order valence-electron chi connectivity index (χ2n) is 3.84. The Balaban J connectivity index is 2.47. The molecular formula is C10H15ClN2O2. The molecule has 0 bridgehead atoms. The molecule has 1 aliphatic rings. The van der Waals surface area contributed by atoms with Crippen LogP contribution in [0.1, 0.15) is 26.0 Å². The second-order valence-corrected chi connectivity index (χ2v) is 4.25. The highest BCUT2D eigenvalue weighted by atomic mass is 35.5. The van der Waals surface area contributed by atoms with Crippen molar-refractivity contribution in [1.82, 2.24) is 9.78 Å². The third kappa shape index (κ3) is 1.57. The van der Waals surface area contributed by atoms with Crippen molar-refractivity contribution in [3.63, 3.8) is 0 Å². The Morgan fingerprint density at radius 3 is 3.07 bits per heavy atom. The Labute approximate surface area is 93.8 Å². The zero-order chi connectivity index (χ0) is 11.1. The van der Waals surface area contributed by atoms with Gasteiger partial charge in [-0.15, -0.1) is 0 Å². The molecule has 1 aliphatic heterocycles. The van der Waals surface area contributed by atoms with Gasteiger partial charge in [0.25, 0.3) is 0 Å². The van der Waals surface area contributed by atoms with Gasteiger partial charge >= 0.3 is 0 Å². The van der Waals surface area contributed by atoms with E-state index in [1.165, 1.54) is 0 Å². The first kappa shape index (κ1) is 10.9. The van der Waals surface area contributed by atoms with Gasteiger partial charge in [-0.25, -0.2) is 0 Å². The van der Waals surface area contributed by atoms with Crippen LogP contribution in [0.4, 0.5) is 0 Å². The van der Waals surface area contributed by atoms with Crippen LogP contribution >= 0.6 is 11.6 Å². The molecule has 2 atom stereocenters. The largest absolute Gasteiger partial charge is 0.381 e. The van der Waals surface area contributed by atoms with Crippen LogP contribution in [0.15, 0.2) is 6.20 Å². The van der Waals surface area contributed by atoms with E-state index in [4.69, 9.17) is 16.3 Å². The molecule has 0 radical (unpaired) electrons. The predicted molar refractivity (Wildman–Crippen MR) is 56.8 cm³/mol. The van der Waals surface area contributed by atoms with Crippen LogP contribution in [0.5, 0.6) is 0 Å². The van der Waals surface area contributed by atoms with Gasteiger partial charge in [0.05, 0.1) is 29.6 Å². The van der Waals surface area contributed by atoms with Gasteiger partial charge in [0.1, 0.15) is 5.60 Å². The van der Waals surface area contributed by atoms with Crippen molar-refractivity contribution >= 4 is 11.6 Å². The summed E-state index contributed by atoms with van der Waals surface area (Å²) in [6.07, 6.45) is 1.90. The highest BCUT2D eigenvalue weighted by molar-refractivity contribution is 6.31. The summed E-state index contributed by atoms with van der Waals surface area (Å²) in [6, 6.07) is 0. The Morgan fingerprint density at radius 2 is 2.53 bits per heavy atom. The van der Waals surface area contributed by atoms with Crippen molar-refractivity contribution in [3.05, 3.63) is 16.9 Å². The fourth-order valence-electron chi connectivity index (χ4n) is 2.08. The topological polar surface area (TPSA) is 47.3 Å². The van der Waals surface area contributed by atoms with Crippen molar-refractivity contribution in [2.75, 3.05) is 6.61 Å². The molecule has 0 aliphatic carbocycles. The van der Waals surface area contributed by atoms with E-state index in [-0.39, 0.29) is 6.10 Å². The molecule has 15 heavy (non-hydrogen) atoms. The molecule has 0 amide bonds. The first-order valence-electron chi connectivity index (χ1n) is 5.15. The molecule has 0 aromatic carbocycles. The van der Waals surface area contributed by atoms with Crippen LogP contribution in [0.3, 0.4) is 0 Å². The van der Waals surface area contributed by atoms with Crippen LogP contribution in [0.2, 0.25) is 5.02 Å². The molecule has 1 fully saturated rings. The number of hydrogen-bond acceptors (Lipinski definition) is 3. The van der Waals surface area contributed by atoms with E-state index in [0.717, 1.165) is 0 Å². The lowest BCUT2D eigenvalue weighted by Crippen LogP contribution is -2.36. The zero-order valence-electron chi connectivity index (χ0n) is 8.90. The maximum Gasteiger partial charge on any atom is 0.135 e. The van der Waals surface area contributed by atoms with Crippen LogP contribution < -0.4 is 0 Å². The summed E-state index contributed by atoms with van der Waals surface area (Å²) in [6.45, 7) is 5.08. The smallest absolute Gasteiger partial charge is 0.135 e. The van der Waals surface area contributed by atoms with E-state index in [0.29, 0.717) is 30.3 Å². The lowest BCUT2D eigenvalue weighted by atomic mass is 9.92. The zero-order valence-corrected chi connectivity index (χ0v) is 9.66. The molecule has 1 aromatic rings. The number of nitrogens with zero attached hydrogens (tertiary/aromatic N) is 2. The number of aliphatic hydroxyl groups is 1. The van der Waals surface area contributed by atoms with Gasteiger partial charge < -0.3 is 9.84 Å². The van der Waals surface area contributed by atoms with Crippen molar-refractivity contribution in [2.24, 2.45) is 0 Å². The molecule has 1 saturated heterocycles. The van der Waals surface area contributed by atoms with E-state index in [1.54, 1.807) is 10.9 Å². The third-order valence-corrected chi connectivity index (χ3v) is 3.30. The molecule has 4 nitrogen and oxygen atoms in total. The normalized spacial score (nSPS) is 31.1. The first-order chi connectivity index (χ1) is 7.09. The average molecular weight is 231 g/mol. The lowest BCUT2D eigenvalue weighted by Gasteiger charge is -2.27. The number of hydrogen-bond donors (Lipinski definition) is 1. The summed E-state index contributed by atoms with van der Waals surface area (Å²) >= 11 is 6.06. The van der Waals surface area contributed by atoms with Gasteiger partial charge in [0.2, 0.25) is 0 Å². The Morgan fingerprint density at radius 1 is 1.80 bits per heavy atom. The average Bonchev–Trinajstić information content (AvgIpc) is 2.72. The van der Waals surface area contributed by atoms with E-state index < -0.39 is 5.60 Å². The molecule has 2 heterocycles. The van der Waals surface area contributed by atoms with Crippen LogP contribution in [-0.4, -0.2) is 27.6 Å². The molecule has 1 aromatic heterocycles. The fraction of sp³-hybridized carbons (Fsp3) is 0.700. The minimum atomic E-state index is -0.996. The molecule has 2 unspecified atom stereocenters. The molecule has 2 rings (SSSR count). The van der Waals surface area contributed by atoms with Crippen molar-refractivity contribution in [1.29, 1.82) is 0 Å². The quantitative estimate of drug-likeness (QED) is 0.839. The predicted octanol–water partition coefficient (Wildman–Crippen LogP) is 1.55. The summed E-state index contributed by atoms with van der Waals surface area (Å²) in [5, 5.41) is 15.2. The number of ether oxygens (including phenoxy) is 1.